The minimum atomic E-state index is -0.245. The quantitative estimate of drug-likeness (QED) is 0.498. The molecule has 0 atom stereocenters. The van der Waals surface area contributed by atoms with Crippen molar-refractivity contribution in [1.82, 2.24) is 14.8 Å². The van der Waals surface area contributed by atoms with E-state index >= 15 is 0 Å². The van der Waals surface area contributed by atoms with Gasteiger partial charge in [-0.25, -0.2) is 0 Å². The number of para-hydroxylation sites is 2. The molecule has 31 heavy (non-hydrogen) atoms. The fourth-order valence-corrected chi connectivity index (χ4v) is 3.62. The number of aryl methyl sites for hydroxylation is 1. The summed E-state index contributed by atoms with van der Waals surface area (Å²) in [5.74, 6) is 0.769. The Bertz CT molecular complexity index is 1100. The van der Waals surface area contributed by atoms with E-state index in [1.807, 2.05) is 25.1 Å². The molecular formula is C21H22ClN5O3S. The summed E-state index contributed by atoms with van der Waals surface area (Å²) in [7, 11) is 3.30. The molecule has 0 aliphatic heterocycles. The van der Waals surface area contributed by atoms with E-state index in [1.165, 1.54) is 11.8 Å². The van der Waals surface area contributed by atoms with Crippen molar-refractivity contribution < 1.29 is 14.3 Å². The maximum Gasteiger partial charge on any atom is 0.234 e. The Kier molecular flexibility index (Phi) is 7.54. The van der Waals surface area contributed by atoms with Crippen LogP contribution in [0.1, 0.15) is 11.4 Å². The number of nitrogens with one attached hydrogen (secondary N) is 2. The molecule has 2 amide bonds. The Labute approximate surface area is 189 Å². The van der Waals surface area contributed by atoms with Crippen molar-refractivity contribution in [3.8, 4) is 5.75 Å². The van der Waals surface area contributed by atoms with Crippen molar-refractivity contribution >= 4 is 46.6 Å². The number of anilines is 2. The lowest BCUT2D eigenvalue weighted by molar-refractivity contribution is -0.116. The van der Waals surface area contributed by atoms with Crippen LogP contribution in [0.5, 0.6) is 5.75 Å². The number of benzene rings is 2. The minimum Gasteiger partial charge on any atom is -0.495 e. The zero-order valence-electron chi connectivity index (χ0n) is 17.3. The van der Waals surface area contributed by atoms with E-state index in [1.54, 1.807) is 43.0 Å². The molecule has 0 aliphatic carbocycles. The molecule has 162 valence electrons. The number of methoxy groups -OCH3 is 1. The van der Waals surface area contributed by atoms with Gasteiger partial charge in [0.05, 0.1) is 25.0 Å². The third-order valence-electron chi connectivity index (χ3n) is 4.41. The van der Waals surface area contributed by atoms with Gasteiger partial charge < -0.3 is 19.9 Å². The van der Waals surface area contributed by atoms with Gasteiger partial charge in [-0.15, -0.1) is 10.2 Å². The molecule has 0 saturated carbocycles. The summed E-state index contributed by atoms with van der Waals surface area (Å²) in [6.07, 6.45) is 0.0379. The van der Waals surface area contributed by atoms with Crippen LogP contribution in [0.4, 0.5) is 11.4 Å². The number of amides is 2. The largest absolute Gasteiger partial charge is 0.495 e. The van der Waals surface area contributed by atoms with E-state index in [0.29, 0.717) is 33.1 Å². The van der Waals surface area contributed by atoms with Crippen LogP contribution in [-0.2, 0) is 23.1 Å². The van der Waals surface area contributed by atoms with Crippen LogP contribution in [0.2, 0.25) is 5.02 Å². The topological polar surface area (TPSA) is 98.1 Å². The zero-order valence-corrected chi connectivity index (χ0v) is 18.9. The lowest BCUT2D eigenvalue weighted by atomic mass is 10.2. The summed E-state index contributed by atoms with van der Waals surface area (Å²) in [5, 5.41) is 14.9. The molecule has 3 rings (SSSR count). The first-order chi connectivity index (χ1) is 14.9. The maximum absolute atomic E-state index is 12.4. The smallest absolute Gasteiger partial charge is 0.234 e. The number of aromatic nitrogens is 3. The monoisotopic (exact) mass is 459 g/mol. The maximum atomic E-state index is 12.4. The number of ether oxygens (including phenoxy) is 1. The first-order valence-corrected chi connectivity index (χ1v) is 10.7. The SMILES string of the molecule is COc1ccccc1NC(=O)Cc1nnc(SCC(=O)Nc2ccc(C)c(Cl)c2)n1C. The molecule has 1 aromatic heterocycles. The Morgan fingerprint density at radius 2 is 1.90 bits per heavy atom. The normalized spacial score (nSPS) is 10.6. The standard InChI is InChI=1S/C21H22ClN5O3S/c1-13-8-9-14(10-15(13)22)23-20(29)12-31-21-26-25-18(27(21)2)11-19(28)24-16-6-4-5-7-17(16)30-3/h4-10H,11-12H2,1-3H3,(H,23,29)(H,24,28). The minimum absolute atomic E-state index is 0.0379. The second kappa shape index (κ2) is 10.3. The molecule has 2 N–H and O–H groups in total. The molecule has 3 aromatic rings. The van der Waals surface area contributed by atoms with Gasteiger partial charge in [-0.05, 0) is 36.8 Å². The van der Waals surface area contributed by atoms with Crippen molar-refractivity contribution in [3.05, 3.63) is 58.9 Å². The van der Waals surface area contributed by atoms with Gasteiger partial charge in [0.1, 0.15) is 11.6 Å². The number of carbonyl (C=O) groups excluding carboxylic acids is 2. The molecule has 0 unspecified atom stereocenters. The lowest BCUT2D eigenvalue weighted by Gasteiger charge is -2.09. The van der Waals surface area contributed by atoms with Gasteiger partial charge in [-0.1, -0.05) is 41.6 Å². The van der Waals surface area contributed by atoms with Crippen molar-refractivity contribution in [2.45, 2.75) is 18.5 Å². The van der Waals surface area contributed by atoms with E-state index in [-0.39, 0.29) is 24.0 Å². The number of hydrogen-bond acceptors (Lipinski definition) is 6. The Balaban J connectivity index is 1.55. The van der Waals surface area contributed by atoms with E-state index in [2.05, 4.69) is 20.8 Å². The fraction of sp³-hybridized carbons (Fsp3) is 0.238. The zero-order chi connectivity index (χ0) is 22.4. The van der Waals surface area contributed by atoms with Gasteiger partial charge in [-0.2, -0.15) is 0 Å². The van der Waals surface area contributed by atoms with Crippen LogP contribution in [-0.4, -0.2) is 39.4 Å². The van der Waals surface area contributed by atoms with Crippen LogP contribution in [0.15, 0.2) is 47.6 Å². The van der Waals surface area contributed by atoms with Gasteiger partial charge in [0, 0.05) is 17.8 Å². The predicted molar refractivity (Wildman–Crippen MR) is 122 cm³/mol. The average molecular weight is 460 g/mol. The number of hydrogen-bond donors (Lipinski definition) is 2. The van der Waals surface area contributed by atoms with Crippen molar-refractivity contribution in [2.75, 3.05) is 23.5 Å². The van der Waals surface area contributed by atoms with Crippen molar-refractivity contribution in [3.63, 3.8) is 0 Å². The molecule has 1 heterocycles. The van der Waals surface area contributed by atoms with Crippen LogP contribution in [0, 0.1) is 6.92 Å². The van der Waals surface area contributed by atoms with E-state index < -0.39 is 0 Å². The summed E-state index contributed by atoms with van der Waals surface area (Å²) >= 11 is 7.32. The Hall–Kier alpha value is -3.04. The molecule has 2 aromatic carbocycles. The van der Waals surface area contributed by atoms with Gasteiger partial charge in [-0.3, -0.25) is 9.59 Å². The summed E-state index contributed by atoms with van der Waals surface area (Å²) in [4.78, 5) is 24.6. The number of halogens is 1. The number of thioether (sulfide) groups is 1. The average Bonchev–Trinajstić information content (AvgIpc) is 3.09. The molecular weight excluding hydrogens is 438 g/mol. The third-order valence-corrected chi connectivity index (χ3v) is 5.84. The van der Waals surface area contributed by atoms with Gasteiger partial charge in [0.25, 0.3) is 0 Å². The Morgan fingerprint density at radius 3 is 2.65 bits per heavy atom. The highest BCUT2D eigenvalue weighted by Crippen LogP contribution is 2.24. The van der Waals surface area contributed by atoms with Crippen molar-refractivity contribution in [2.24, 2.45) is 7.05 Å². The Morgan fingerprint density at radius 1 is 1.13 bits per heavy atom. The van der Waals surface area contributed by atoms with Gasteiger partial charge in [0.15, 0.2) is 5.16 Å². The predicted octanol–water partition coefficient (Wildman–Crippen LogP) is 3.70. The third kappa shape index (κ3) is 5.99. The molecule has 0 saturated heterocycles. The second-order valence-corrected chi connectivity index (χ2v) is 8.03. The lowest BCUT2D eigenvalue weighted by Crippen LogP contribution is -2.17. The van der Waals surface area contributed by atoms with Crippen LogP contribution < -0.4 is 15.4 Å². The highest BCUT2D eigenvalue weighted by Gasteiger charge is 2.15. The summed E-state index contributed by atoms with van der Waals surface area (Å²) in [6.45, 7) is 1.89. The van der Waals surface area contributed by atoms with E-state index in [9.17, 15) is 9.59 Å². The fourth-order valence-electron chi connectivity index (χ4n) is 2.71. The highest BCUT2D eigenvalue weighted by atomic mass is 35.5. The molecule has 0 spiro atoms. The number of rotatable bonds is 8. The van der Waals surface area contributed by atoms with Crippen molar-refractivity contribution in [1.29, 1.82) is 0 Å². The number of carbonyl (C=O) groups is 2. The van der Waals surface area contributed by atoms with E-state index in [0.717, 1.165) is 5.56 Å². The van der Waals surface area contributed by atoms with Crippen LogP contribution in [0.3, 0.4) is 0 Å². The first-order valence-electron chi connectivity index (χ1n) is 9.37. The van der Waals surface area contributed by atoms with Crippen LogP contribution in [0.25, 0.3) is 0 Å². The number of nitrogens with zero attached hydrogens (tertiary/aromatic N) is 3. The van der Waals surface area contributed by atoms with E-state index in [4.69, 9.17) is 16.3 Å². The van der Waals surface area contributed by atoms with Gasteiger partial charge in [0.2, 0.25) is 11.8 Å². The second-order valence-electron chi connectivity index (χ2n) is 6.68. The molecule has 10 heteroatoms. The molecule has 0 fully saturated rings. The molecule has 8 nitrogen and oxygen atoms in total. The molecule has 0 radical (unpaired) electrons. The van der Waals surface area contributed by atoms with Gasteiger partial charge >= 0.3 is 0 Å². The highest BCUT2D eigenvalue weighted by molar-refractivity contribution is 7.99. The summed E-state index contributed by atoms with van der Waals surface area (Å²) < 4.78 is 6.93. The molecule has 0 bridgehead atoms. The molecule has 0 aliphatic rings. The van der Waals surface area contributed by atoms with Crippen LogP contribution >= 0.6 is 23.4 Å². The summed E-state index contributed by atoms with van der Waals surface area (Å²) in [6, 6.07) is 12.5. The summed E-state index contributed by atoms with van der Waals surface area (Å²) in [5.41, 5.74) is 2.16. The first kappa shape index (κ1) is 22.6.